The van der Waals surface area contributed by atoms with Gasteiger partial charge in [0.15, 0.2) is 0 Å². The quantitative estimate of drug-likeness (QED) is 0.851. The van der Waals surface area contributed by atoms with Gasteiger partial charge in [-0.15, -0.1) is 11.3 Å². The Hall–Kier alpha value is -2.54. The molecule has 2 rings (SSSR count). The number of carbonyl (C=O) groups is 2. The predicted octanol–water partition coefficient (Wildman–Crippen LogP) is 4.47. The van der Waals surface area contributed by atoms with Gasteiger partial charge in [0.1, 0.15) is 16.2 Å². The Morgan fingerprint density at radius 3 is 2.50 bits per heavy atom. The molecule has 0 radical (unpaired) electrons. The van der Waals surface area contributed by atoms with Crippen molar-refractivity contribution in [3.8, 4) is 16.2 Å². The number of carboxylic acids is 1. The van der Waals surface area contributed by atoms with E-state index in [1.807, 2.05) is 12.1 Å². The summed E-state index contributed by atoms with van der Waals surface area (Å²) in [7, 11) is 1.56. The first-order valence-corrected chi connectivity index (χ1v) is 8.03. The van der Waals surface area contributed by atoms with Gasteiger partial charge >= 0.3 is 12.1 Å². The van der Waals surface area contributed by atoms with Crippen molar-refractivity contribution in [3.63, 3.8) is 0 Å². The van der Waals surface area contributed by atoms with Gasteiger partial charge in [-0.3, -0.25) is 5.32 Å². The highest BCUT2D eigenvalue weighted by Crippen LogP contribution is 2.36. The number of methoxy groups -OCH3 is 1. The maximum Gasteiger partial charge on any atom is 0.412 e. The number of hydrogen-bond acceptors (Lipinski definition) is 5. The first-order valence-electron chi connectivity index (χ1n) is 7.21. The minimum Gasteiger partial charge on any atom is -0.497 e. The molecule has 0 bridgehead atoms. The Morgan fingerprint density at radius 1 is 1.21 bits per heavy atom. The molecule has 0 fully saturated rings. The van der Waals surface area contributed by atoms with Crippen LogP contribution < -0.4 is 10.1 Å². The van der Waals surface area contributed by atoms with E-state index in [0.29, 0.717) is 10.6 Å². The highest BCUT2D eigenvalue weighted by molar-refractivity contribution is 7.18. The minimum atomic E-state index is -1.11. The van der Waals surface area contributed by atoms with Crippen LogP contribution >= 0.6 is 11.3 Å². The Morgan fingerprint density at radius 2 is 1.92 bits per heavy atom. The molecule has 2 aromatic rings. The summed E-state index contributed by atoms with van der Waals surface area (Å²) in [6.45, 7) is 5.21. The van der Waals surface area contributed by atoms with E-state index in [2.05, 4.69) is 5.32 Å². The molecule has 0 aliphatic heterocycles. The number of carbonyl (C=O) groups excluding carboxylic acids is 1. The van der Waals surface area contributed by atoms with E-state index in [0.717, 1.165) is 16.9 Å². The number of nitrogens with one attached hydrogen (secondary N) is 1. The number of hydrogen-bond donors (Lipinski definition) is 2. The molecule has 2 N–H and O–H groups in total. The van der Waals surface area contributed by atoms with Gasteiger partial charge in [-0.05, 0) is 44.5 Å². The topological polar surface area (TPSA) is 84.9 Å². The van der Waals surface area contributed by atoms with Crippen LogP contribution in [-0.2, 0) is 4.74 Å². The van der Waals surface area contributed by atoms with Crippen LogP contribution in [0.2, 0.25) is 0 Å². The minimum absolute atomic E-state index is 0.0404. The number of anilines is 1. The van der Waals surface area contributed by atoms with Crippen molar-refractivity contribution in [2.75, 3.05) is 12.4 Å². The molecule has 0 saturated heterocycles. The van der Waals surface area contributed by atoms with Crippen LogP contribution in [0.15, 0.2) is 30.3 Å². The van der Waals surface area contributed by atoms with Gasteiger partial charge < -0.3 is 14.6 Å². The van der Waals surface area contributed by atoms with E-state index < -0.39 is 17.7 Å². The van der Waals surface area contributed by atoms with Crippen molar-refractivity contribution in [3.05, 3.63) is 35.2 Å². The van der Waals surface area contributed by atoms with Crippen LogP contribution in [0.1, 0.15) is 30.4 Å². The van der Waals surface area contributed by atoms with E-state index in [-0.39, 0.29) is 10.6 Å². The zero-order valence-electron chi connectivity index (χ0n) is 13.9. The van der Waals surface area contributed by atoms with Gasteiger partial charge in [-0.25, -0.2) is 9.59 Å². The zero-order chi connectivity index (χ0) is 17.9. The Bertz CT molecular complexity index is 761. The Kier molecular flexibility index (Phi) is 5.14. The summed E-state index contributed by atoms with van der Waals surface area (Å²) in [5.41, 5.74) is 0.345. The lowest BCUT2D eigenvalue weighted by atomic mass is 10.1. The van der Waals surface area contributed by atoms with Crippen LogP contribution in [0.4, 0.5) is 10.5 Å². The Labute approximate surface area is 144 Å². The molecule has 0 spiro atoms. The van der Waals surface area contributed by atoms with Crippen LogP contribution in [0, 0.1) is 0 Å². The third kappa shape index (κ3) is 4.48. The number of aromatic carboxylic acids is 1. The summed E-state index contributed by atoms with van der Waals surface area (Å²) in [4.78, 5) is 24.1. The second-order valence-corrected chi connectivity index (χ2v) is 7.07. The molecule has 6 nitrogen and oxygen atoms in total. The standard InChI is InChI=1S/C17H19NO5S/c1-17(2,3)23-16(21)18-12-9-13(24-14(12)15(19)20)10-6-5-7-11(8-10)22-4/h5-9H,1-4H3,(H,18,21)(H,19,20). The molecule has 0 unspecified atom stereocenters. The molecular formula is C17H19NO5S. The first kappa shape index (κ1) is 17.8. The molecule has 1 aromatic carbocycles. The molecule has 1 aromatic heterocycles. The van der Waals surface area contributed by atoms with Crippen molar-refractivity contribution in [2.45, 2.75) is 26.4 Å². The Balaban J connectivity index is 2.33. The average molecular weight is 349 g/mol. The van der Waals surface area contributed by atoms with Crippen molar-refractivity contribution in [1.82, 2.24) is 0 Å². The molecular weight excluding hydrogens is 330 g/mol. The maximum atomic E-state index is 11.9. The van der Waals surface area contributed by atoms with Gasteiger partial charge in [0, 0.05) is 4.88 Å². The monoisotopic (exact) mass is 349 g/mol. The normalized spacial score (nSPS) is 11.0. The summed E-state index contributed by atoms with van der Waals surface area (Å²) >= 11 is 1.07. The fourth-order valence-electron chi connectivity index (χ4n) is 1.97. The highest BCUT2D eigenvalue weighted by Gasteiger charge is 2.21. The van der Waals surface area contributed by atoms with E-state index in [1.165, 1.54) is 0 Å². The largest absolute Gasteiger partial charge is 0.497 e. The van der Waals surface area contributed by atoms with Gasteiger partial charge in [0.25, 0.3) is 0 Å². The van der Waals surface area contributed by atoms with E-state index >= 15 is 0 Å². The molecule has 7 heteroatoms. The number of amides is 1. The van der Waals surface area contributed by atoms with Crippen LogP contribution in [-0.4, -0.2) is 29.9 Å². The third-order valence-corrected chi connectivity index (χ3v) is 4.09. The fraction of sp³-hybridized carbons (Fsp3) is 0.294. The van der Waals surface area contributed by atoms with Crippen LogP contribution in [0.5, 0.6) is 5.75 Å². The second kappa shape index (κ2) is 6.92. The molecule has 1 amide bonds. The SMILES string of the molecule is COc1cccc(-c2cc(NC(=O)OC(C)(C)C)c(C(=O)O)s2)c1. The van der Waals surface area contributed by atoms with E-state index in [9.17, 15) is 14.7 Å². The van der Waals surface area contributed by atoms with Crippen molar-refractivity contribution >= 4 is 29.1 Å². The number of carboxylic acid groups (broad SMARTS) is 1. The number of ether oxygens (including phenoxy) is 2. The molecule has 0 aliphatic carbocycles. The molecule has 0 aliphatic rings. The number of benzene rings is 1. The lowest BCUT2D eigenvalue weighted by Crippen LogP contribution is -2.27. The molecule has 1 heterocycles. The summed E-state index contributed by atoms with van der Waals surface area (Å²) in [6.07, 6.45) is -0.694. The summed E-state index contributed by atoms with van der Waals surface area (Å²) in [6, 6.07) is 8.88. The van der Waals surface area contributed by atoms with Crippen molar-refractivity contribution < 1.29 is 24.2 Å². The van der Waals surface area contributed by atoms with Crippen molar-refractivity contribution in [2.24, 2.45) is 0 Å². The first-order chi connectivity index (χ1) is 11.2. The van der Waals surface area contributed by atoms with Crippen molar-refractivity contribution in [1.29, 1.82) is 0 Å². The highest BCUT2D eigenvalue weighted by atomic mass is 32.1. The van der Waals surface area contributed by atoms with Gasteiger partial charge in [0.05, 0.1) is 12.8 Å². The van der Waals surface area contributed by atoms with E-state index in [4.69, 9.17) is 9.47 Å². The van der Waals surface area contributed by atoms with Gasteiger partial charge in [0.2, 0.25) is 0 Å². The molecule has 128 valence electrons. The van der Waals surface area contributed by atoms with Gasteiger partial charge in [-0.2, -0.15) is 0 Å². The second-order valence-electron chi connectivity index (χ2n) is 6.02. The summed E-state index contributed by atoms with van der Waals surface area (Å²) in [5.74, 6) is -0.445. The molecule has 0 saturated carbocycles. The van der Waals surface area contributed by atoms with Gasteiger partial charge in [-0.1, -0.05) is 12.1 Å². The smallest absolute Gasteiger partial charge is 0.412 e. The summed E-state index contributed by atoms with van der Waals surface area (Å²) < 4.78 is 10.3. The lowest BCUT2D eigenvalue weighted by molar-refractivity contribution is 0.0636. The van der Waals surface area contributed by atoms with E-state index in [1.54, 1.807) is 46.1 Å². The zero-order valence-corrected chi connectivity index (χ0v) is 14.7. The number of rotatable bonds is 4. The lowest BCUT2D eigenvalue weighted by Gasteiger charge is -2.19. The maximum absolute atomic E-state index is 11.9. The molecule has 0 atom stereocenters. The average Bonchev–Trinajstić information content (AvgIpc) is 2.89. The fourth-order valence-corrected chi connectivity index (χ4v) is 2.92. The molecule has 24 heavy (non-hydrogen) atoms. The van der Waals surface area contributed by atoms with Crippen LogP contribution in [0.25, 0.3) is 10.4 Å². The third-order valence-electron chi connectivity index (χ3n) is 2.92. The summed E-state index contributed by atoms with van der Waals surface area (Å²) in [5, 5.41) is 11.9. The predicted molar refractivity (Wildman–Crippen MR) is 93.1 cm³/mol. The number of thiophene rings is 1. The van der Waals surface area contributed by atoms with Crippen LogP contribution in [0.3, 0.4) is 0 Å².